The Morgan fingerprint density at radius 3 is 2.14 bits per heavy atom. The number of carboxylic acid groups (broad SMARTS) is 1. The number of carbonyl (C=O) groups is 4. The van der Waals surface area contributed by atoms with Gasteiger partial charge in [-0.25, -0.2) is 4.79 Å². The van der Waals surface area contributed by atoms with Gasteiger partial charge in [0.15, 0.2) is 0 Å². The zero-order chi connectivity index (χ0) is 31.4. The van der Waals surface area contributed by atoms with E-state index in [4.69, 9.17) is 11.5 Å². The summed E-state index contributed by atoms with van der Waals surface area (Å²) in [5.41, 5.74) is 14.2. The molecule has 3 amide bonds. The lowest BCUT2D eigenvalue weighted by Gasteiger charge is -2.26. The average Bonchev–Trinajstić information content (AvgIpc) is 3.42. The number of carboxylic acids is 1. The van der Waals surface area contributed by atoms with Crippen molar-refractivity contribution in [1.82, 2.24) is 20.9 Å². The predicted octanol–water partition coefficient (Wildman–Crippen LogP) is 1.99. The van der Waals surface area contributed by atoms with Gasteiger partial charge in [-0.05, 0) is 48.9 Å². The predicted molar refractivity (Wildman–Crippen MR) is 166 cm³/mol. The Kier molecular flexibility index (Phi) is 12.7. The topological polar surface area (TPSA) is 192 Å². The number of hydrogen-bond acceptors (Lipinski definition) is 6. The highest BCUT2D eigenvalue weighted by atomic mass is 16.4. The van der Waals surface area contributed by atoms with E-state index < -0.39 is 47.9 Å². The van der Waals surface area contributed by atoms with Gasteiger partial charge >= 0.3 is 5.97 Å². The van der Waals surface area contributed by atoms with E-state index >= 15 is 0 Å². The summed E-state index contributed by atoms with van der Waals surface area (Å²) in [4.78, 5) is 55.5. The van der Waals surface area contributed by atoms with Crippen molar-refractivity contribution in [2.75, 3.05) is 6.54 Å². The third-order valence-electron chi connectivity index (χ3n) is 7.77. The van der Waals surface area contributed by atoms with E-state index in [0.29, 0.717) is 32.2 Å². The third kappa shape index (κ3) is 9.65. The molecule has 11 nitrogen and oxygen atoms in total. The van der Waals surface area contributed by atoms with E-state index in [0.717, 1.165) is 22.0 Å². The van der Waals surface area contributed by atoms with Crippen molar-refractivity contribution in [3.05, 3.63) is 71.9 Å². The zero-order valence-electron chi connectivity index (χ0n) is 24.8. The van der Waals surface area contributed by atoms with E-state index in [1.165, 1.54) is 0 Å². The van der Waals surface area contributed by atoms with Crippen molar-refractivity contribution in [1.29, 1.82) is 0 Å². The fourth-order valence-electron chi connectivity index (χ4n) is 4.87. The number of unbranched alkanes of at least 4 members (excludes halogenated alkanes) is 1. The molecule has 0 saturated carbocycles. The number of nitrogens with one attached hydrogen (secondary N) is 4. The molecule has 2 aromatic carbocycles. The summed E-state index contributed by atoms with van der Waals surface area (Å²) in [7, 11) is 0. The lowest BCUT2D eigenvalue weighted by Crippen LogP contribution is -2.58. The normalized spacial score (nSPS) is 14.7. The van der Waals surface area contributed by atoms with Crippen LogP contribution < -0.4 is 27.4 Å². The first-order chi connectivity index (χ1) is 20.6. The van der Waals surface area contributed by atoms with Gasteiger partial charge in [-0.15, -0.1) is 0 Å². The van der Waals surface area contributed by atoms with Gasteiger partial charge < -0.3 is 37.5 Å². The minimum atomic E-state index is -1.22. The van der Waals surface area contributed by atoms with Gasteiger partial charge in [0.2, 0.25) is 17.7 Å². The van der Waals surface area contributed by atoms with Crippen molar-refractivity contribution in [2.45, 2.75) is 76.5 Å². The van der Waals surface area contributed by atoms with Crippen LogP contribution in [0.4, 0.5) is 0 Å². The van der Waals surface area contributed by atoms with Crippen LogP contribution in [0.5, 0.6) is 0 Å². The quantitative estimate of drug-likeness (QED) is 0.117. The first-order valence-corrected chi connectivity index (χ1v) is 14.8. The Morgan fingerprint density at radius 2 is 1.47 bits per heavy atom. The monoisotopic (exact) mass is 592 g/mol. The molecule has 5 atom stereocenters. The molecule has 9 N–H and O–H groups in total. The second-order valence-corrected chi connectivity index (χ2v) is 11.0. The summed E-state index contributed by atoms with van der Waals surface area (Å²) in [6.45, 7) is 4.22. The maximum atomic E-state index is 13.7. The van der Waals surface area contributed by atoms with Crippen LogP contribution in [0.1, 0.15) is 50.7 Å². The number of aliphatic carboxylic acids is 1. The molecule has 3 aromatic rings. The van der Waals surface area contributed by atoms with E-state index in [9.17, 15) is 24.3 Å². The van der Waals surface area contributed by atoms with Gasteiger partial charge in [0.25, 0.3) is 0 Å². The molecular weight excluding hydrogens is 548 g/mol. The fourth-order valence-corrected chi connectivity index (χ4v) is 4.87. The minimum absolute atomic E-state index is 0.0704. The molecule has 0 bridgehead atoms. The molecule has 232 valence electrons. The molecular formula is C32H44N6O5. The van der Waals surface area contributed by atoms with Crippen LogP contribution in [0.2, 0.25) is 0 Å². The van der Waals surface area contributed by atoms with Crippen LogP contribution in [-0.4, -0.2) is 64.5 Å². The summed E-state index contributed by atoms with van der Waals surface area (Å²) in [5, 5.41) is 18.9. The number of H-pyrrole nitrogens is 1. The maximum absolute atomic E-state index is 13.7. The van der Waals surface area contributed by atoms with Crippen LogP contribution in [0.15, 0.2) is 60.8 Å². The molecule has 1 aromatic heterocycles. The number of hydrogen-bond donors (Lipinski definition) is 7. The standard InChI is InChI=1S/C32H44N6O5/c1-3-20(2)28(34)31(41)36-25(15-9-10-16-33)29(39)37-26(18-22-19-35-24-14-8-7-13-23(22)24)30(40)38-27(32(42)43)17-21-11-5-4-6-12-21/h4-8,11-14,19-20,25-28,35H,3,9-10,15-18,33-34H2,1-2H3,(H,36,41)(H,37,39)(H,38,40)(H,42,43). The molecule has 0 spiro atoms. The Morgan fingerprint density at radius 1 is 0.837 bits per heavy atom. The smallest absolute Gasteiger partial charge is 0.326 e. The highest BCUT2D eigenvalue weighted by Gasteiger charge is 2.31. The number of aromatic amines is 1. The molecule has 1 heterocycles. The van der Waals surface area contributed by atoms with E-state index in [1.807, 2.05) is 44.2 Å². The van der Waals surface area contributed by atoms with Gasteiger partial charge in [0.1, 0.15) is 18.1 Å². The number of para-hydroxylation sites is 1. The van der Waals surface area contributed by atoms with Gasteiger partial charge in [0.05, 0.1) is 6.04 Å². The van der Waals surface area contributed by atoms with Gasteiger partial charge in [0, 0.05) is 29.9 Å². The molecule has 0 saturated heterocycles. The Bertz CT molecular complexity index is 1360. The van der Waals surface area contributed by atoms with Crippen LogP contribution in [0.25, 0.3) is 10.9 Å². The third-order valence-corrected chi connectivity index (χ3v) is 7.77. The summed E-state index contributed by atoms with van der Waals surface area (Å²) < 4.78 is 0. The number of carbonyl (C=O) groups excluding carboxylic acids is 3. The highest BCUT2D eigenvalue weighted by molar-refractivity contribution is 5.95. The van der Waals surface area contributed by atoms with Gasteiger partial charge in [-0.1, -0.05) is 68.8 Å². The Hall–Kier alpha value is -4.22. The van der Waals surface area contributed by atoms with Crippen LogP contribution in [-0.2, 0) is 32.0 Å². The number of benzene rings is 2. The molecule has 0 aliphatic carbocycles. The van der Waals surface area contributed by atoms with E-state index in [-0.39, 0.29) is 18.8 Å². The molecule has 5 unspecified atom stereocenters. The van der Waals surface area contributed by atoms with E-state index in [1.54, 1.807) is 30.5 Å². The number of fused-ring (bicyclic) bond motifs is 1. The summed E-state index contributed by atoms with van der Waals surface area (Å²) in [6, 6.07) is 12.4. The van der Waals surface area contributed by atoms with Crippen LogP contribution in [0.3, 0.4) is 0 Å². The number of rotatable bonds is 17. The van der Waals surface area contributed by atoms with Crippen molar-refractivity contribution in [3.63, 3.8) is 0 Å². The van der Waals surface area contributed by atoms with Gasteiger partial charge in [-0.2, -0.15) is 0 Å². The molecule has 0 fully saturated rings. The summed E-state index contributed by atoms with van der Waals surface area (Å²) in [6.07, 6.45) is 4.15. The first kappa shape index (κ1) is 33.3. The fraction of sp³-hybridized carbons (Fsp3) is 0.438. The zero-order valence-corrected chi connectivity index (χ0v) is 24.8. The van der Waals surface area contributed by atoms with Crippen molar-refractivity contribution in [2.24, 2.45) is 17.4 Å². The SMILES string of the molecule is CCC(C)C(N)C(=O)NC(CCCCN)C(=O)NC(Cc1c[nH]c2ccccc12)C(=O)NC(Cc1ccccc1)C(=O)O. The lowest BCUT2D eigenvalue weighted by atomic mass is 9.98. The lowest BCUT2D eigenvalue weighted by molar-refractivity contribution is -0.142. The minimum Gasteiger partial charge on any atom is -0.480 e. The maximum Gasteiger partial charge on any atom is 0.326 e. The largest absolute Gasteiger partial charge is 0.480 e. The second-order valence-electron chi connectivity index (χ2n) is 11.0. The van der Waals surface area contributed by atoms with Crippen molar-refractivity contribution in [3.8, 4) is 0 Å². The van der Waals surface area contributed by atoms with Crippen LogP contribution in [0, 0.1) is 5.92 Å². The molecule has 0 radical (unpaired) electrons. The highest BCUT2D eigenvalue weighted by Crippen LogP contribution is 2.20. The van der Waals surface area contributed by atoms with E-state index in [2.05, 4.69) is 20.9 Å². The van der Waals surface area contributed by atoms with Crippen molar-refractivity contribution < 1.29 is 24.3 Å². The number of nitrogens with two attached hydrogens (primary N) is 2. The molecule has 3 rings (SSSR count). The number of amides is 3. The second kappa shape index (κ2) is 16.4. The first-order valence-electron chi connectivity index (χ1n) is 14.8. The average molecular weight is 593 g/mol. The summed E-state index contributed by atoms with van der Waals surface area (Å²) >= 11 is 0. The molecule has 11 heteroatoms. The summed E-state index contributed by atoms with van der Waals surface area (Å²) in [5.74, 6) is -2.94. The Labute approximate surface area is 252 Å². The number of aromatic nitrogens is 1. The molecule has 0 aliphatic rings. The van der Waals surface area contributed by atoms with Crippen molar-refractivity contribution >= 4 is 34.6 Å². The van der Waals surface area contributed by atoms with Crippen LogP contribution >= 0.6 is 0 Å². The Balaban J connectivity index is 1.86. The molecule has 0 aliphatic heterocycles. The van der Waals surface area contributed by atoms with Gasteiger partial charge in [-0.3, -0.25) is 14.4 Å². The molecule has 43 heavy (non-hydrogen) atoms.